The molecule has 2 rings (SSSR count). The lowest BCUT2D eigenvalue weighted by Gasteiger charge is -2.16. The van der Waals surface area contributed by atoms with Gasteiger partial charge in [-0.2, -0.15) is 0 Å². The summed E-state index contributed by atoms with van der Waals surface area (Å²) in [5.41, 5.74) is 1.99. The average Bonchev–Trinajstić information content (AvgIpc) is 2.67. The van der Waals surface area contributed by atoms with Crippen molar-refractivity contribution in [3.63, 3.8) is 0 Å². The van der Waals surface area contributed by atoms with Crippen LogP contribution >= 0.6 is 0 Å². The standard InChI is InChI=1S/C22H27NO4/c1-3-27-20-11-9-17(10-12-20)14-19(22(25)26)15-23-21(24)13-16(2)18-7-5-4-6-8-18/h4-12,16,19H,3,13-15H2,1-2H3,(H,23,24)(H,25,26). The molecule has 2 atom stereocenters. The van der Waals surface area contributed by atoms with Gasteiger partial charge in [-0.25, -0.2) is 0 Å². The fraction of sp³-hybridized carbons (Fsp3) is 0.364. The van der Waals surface area contributed by atoms with E-state index in [9.17, 15) is 14.7 Å². The Labute approximate surface area is 160 Å². The predicted octanol–water partition coefficient (Wildman–Crippen LogP) is 3.64. The summed E-state index contributed by atoms with van der Waals surface area (Å²) in [6, 6.07) is 17.2. The number of carbonyl (C=O) groups is 2. The normalized spacial score (nSPS) is 12.8. The zero-order valence-corrected chi connectivity index (χ0v) is 15.9. The maximum Gasteiger partial charge on any atom is 0.308 e. The Morgan fingerprint density at radius 2 is 1.74 bits per heavy atom. The third-order valence-electron chi connectivity index (χ3n) is 4.47. The first-order valence-corrected chi connectivity index (χ1v) is 9.25. The summed E-state index contributed by atoms with van der Waals surface area (Å²) in [5.74, 6) is -0.875. The number of carbonyl (C=O) groups excluding carboxylic acids is 1. The van der Waals surface area contributed by atoms with Gasteiger partial charge in [0.25, 0.3) is 0 Å². The number of ether oxygens (including phenoxy) is 1. The number of rotatable bonds is 10. The number of benzene rings is 2. The summed E-state index contributed by atoms with van der Waals surface area (Å²) in [4.78, 5) is 23.8. The number of hydrogen-bond acceptors (Lipinski definition) is 3. The van der Waals surface area contributed by atoms with Crippen LogP contribution in [-0.2, 0) is 16.0 Å². The van der Waals surface area contributed by atoms with Crippen LogP contribution in [0.4, 0.5) is 0 Å². The van der Waals surface area contributed by atoms with Crippen LogP contribution in [0.1, 0.15) is 37.3 Å². The molecule has 5 heteroatoms. The fourth-order valence-electron chi connectivity index (χ4n) is 2.91. The summed E-state index contributed by atoms with van der Waals surface area (Å²) >= 11 is 0. The van der Waals surface area contributed by atoms with Crippen molar-refractivity contribution in [3.05, 3.63) is 65.7 Å². The van der Waals surface area contributed by atoms with E-state index in [0.29, 0.717) is 19.4 Å². The first kappa shape index (κ1) is 20.5. The van der Waals surface area contributed by atoms with Gasteiger partial charge >= 0.3 is 5.97 Å². The Kier molecular flexibility index (Phi) is 7.86. The van der Waals surface area contributed by atoms with Crippen molar-refractivity contribution in [2.24, 2.45) is 5.92 Å². The van der Waals surface area contributed by atoms with Crippen LogP contribution in [0, 0.1) is 5.92 Å². The molecule has 0 aliphatic heterocycles. The third-order valence-corrected chi connectivity index (χ3v) is 4.47. The minimum atomic E-state index is -0.916. The molecule has 0 saturated carbocycles. The van der Waals surface area contributed by atoms with Crippen molar-refractivity contribution < 1.29 is 19.4 Å². The van der Waals surface area contributed by atoms with E-state index in [1.165, 1.54) is 0 Å². The molecule has 0 bridgehead atoms. The topological polar surface area (TPSA) is 75.6 Å². The highest BCUT2D eigenvalue weighted by atomic mass is 16.5. The van der Waals surface area contributed by atoms with Crippen LogP contribution in [0.5, 0.6) is 5.75 Å². The first-order chi connectivity index (χ1) is 13.0. The van der Waals surface area contributed by atoms with Crippen LogP contribution in [0.15, 0.2) is 54.6 Å². The molecule has 0 saturated heterocycles. The number of carboxylic acid groups (broad SMARTS) is 1. The third kappa shape index (κ3) is 6.77. The van der Waals surface area contributed by atoms with E-state index in [0.717, 1.165) is 16.9 Å². The van der Waals surface area contributed by atoms with Crippen LogP contribution in [0.3, 0.4) is 0 Å². The van der Waals surface area contributed by atoms with Gasteiger partial charge in [-0.15, -0.1) is 0 Å². The molecule has 5 nitrogen and oxygen atoms in total. The summed E-state index contributed by atoms with van der Waals surface area (Å²) in [6.07, 6.45) is 0.690. The van der Waals surface area contributed by atoms with Crippen molar-refractivity contribution >= 4 is 11.9 Å². The summed E-state index contributed by atoms with van der Waals surface area (Å²) < 4.78 is 5.39. The number of aliphatic carboxylic acids is 1. The Morgan fingerprint density at radius 3 is 2.33 bits per heavy atom. The lowest BCUT2D eigenvalue weighted by atomic mass is 9.96. The average molecular weight is 369 g/mol. The molecule has 0 heterocycles. The zero-order chi connectivity index (χ0) is 19.6. The minimum Gasteiger partial charge on any atom is -0.494 e. The van der Waals surface area contributed by atoms with E-state index >= 15 is 0 Å². The van der Waals surface area contributed by atoms with Crippen molar-refractivity contribution in [3.8, 4) is 5.75 Å². The molecule has 2 aromatic carbocycles. The molecule has 2 N–H and O–H groups in total. The Morgan fingerprint density at radius 1 is 1.07 bits per heavy atom. The van der Waals surface area contributed by atoms with Crippen molar-refractivity contribution in [2.45, 2.75) is 32.6 Å². The molecule has 2 aromatic rings. The molecular formula is C22H27NO4. The van der Waals surface area contributed by atoms with Crippen LogP contribution in [-0.4, -0.2) is 30.1 Å². The highest BCUT2D eigenvalue weighted by Crippen LogP contribution is 2.18. The Hall–Kier alpha value is -2.82. The first-order valence-electron chi connectivity index (χ1n) is 9.25. The highest BCUT2D eigenvalue weighted by molar-refractivity contribution is 5.78. The molecule has 0 radical (unpaired) electrons. The van der Waals surface area contributed by atoms with E-state index < -0.39 is 11.9 Å². The molecule has 1 amide bonds. The number of nitrogens with one attached hydrogen (secondary N) is 1. The summed E-state index contributed by atoms with van der Waals surface area (Å²) in [7, 11) is 0. The molecule has 0 aliphatic carbocycles. The van der Waals surface area contributed by atoms with Crippen LogP contribution in [0.25, 0.3) is 0 Å². The zero-order valence-electron chi connectivity index (χ0n) is 15.9. The van der Waals surface area contributed by atoms with Gasteiger partial charge in [0, 0.05) is 13.0 Å². The van der Waals surface area contributed by atoms with E-state index in [-0.39, 0.29) is 18.4 Å². The minimum absolute atomic E-state index is 0.0839. The molecule has 144 valence electrons. The fourth-order valence-corrected chi connectivity index (χ4v) is 2.91. The molecular weight excluding hydrogens is 342 g/mol. The molecule has 2 unspecified atom stereocenters. The molecule has 0 fully saturated rings. The van der Waals surface area contributed by atoms with Crippen molar-refractivity contribution in [1.29, 1.82) is 0 Å². The quantitative estimate of drug-likeness (QED) is 0.670. The van der Waals surface area contributed by atoms with Gasteiger partial charge in [0.15, 0.2) is 0 Å². The second kappa shape index (κ2) is 10.4. The second-order valence-corrected chi connectivity index (χ2v) is 6.64. The van der Waals surface area contributed by atoms with Gasteiger partial charge in [-0.05, 0) is 42.5 Å². The summed E-state index contributed by atoms with van der Waals surface area (Å²) in [6.45, 7) is 4.60. The van der Waals surface area contributed by atoms with E-state index in [1.807, 2.05) is 68.4 Å². The molecule has 27 heavy (non-hydrogen) atoms. The number of carboxylic acids is 1. The Bertz CT molecular complexity index is 728. The number of amides is 1. The summed E-state index contributed by atoms with van der Waals surface area (Å²) in [5, 5.41) is 12.2. The van der Waals surface area contributed by atoms with E-state index in [2.05, 4.69) is 5.32 Å². The van der Waals surface area contributed by atoms with Gasteiger partial charge in [0.2, 0.25) is 5.91 Å². The van der Waals surface area contributed by atoms with Crippen LogP contribution in [0.2, 0.25) is 0 Å². The molecule has 0 aromatic heterocycles. The van der Waals surface area contributed by atoms with Gasteiger partial charge < -0.3 is 15.2 Å². The lowest BCUT2D eigenvalue weighted by Crippen LogP contribution is -2.34. The molecule has 0 spiro atoms. The molecule has 0 aliphatic rings. The van der Waals surface area contributed by atoms with Gasteiger partial charge in [0.05, 0.1) is 12.5 Å². The van der Waals surface area contributed by atoms with Gasteiger partial charge in [0.1, 0.15) is 5.75 Å². The van der Waals surface area contributed by atoms with Crippen molar-refractivity contribution in [2.75, 3.05) is 13.2 Å². The van der Waals surface area contributed by atoms with Crippen LogP contribution < -0.4 is 10.1 Å². The predicted molar refractivity (Wildman–Crippen MR) is 105 cm³/mol. The van der Waals surface area contributed by atoms with E-state index in [1.54, 1.807) is 0 Å². The smallest absolute Gasteiger partial charge is 0.308 e. The van der Waals surface area contributed by atoms with Gasteiger partial charge in [-0.3, -0.25) is 9.59 Å². The van der Waals surface area contributed by atoms with E-state index in [4.69, 9.17) is 4.74 Å². The monoisotopic (exact) mass is 369 g/mol. The maximum absolute atomic E-state index is 12.2. The Balaban J connectivity index is 1.86. The second-order valence-electron chi connectivity index (χ2n) is 6.64. The largest absolute Gasteiger partial charge is 0.494 e. The highest BCUT2D eigenvalue weighted by Gasteiger charge is 2.20. The SMILES string of the molecule is CCOc1ccc(CC(CNC(=O)CC(C)c2ccccc2)C(=O)O)cc1. The van der Waals surface area contributed by atoms with Gasteiger partial charge in [-0.1, -0.05) is 49.4 Å². The van der Waals surface area contributed by atoms with Crippen molar-refractivity contribution in [1.82, 2.24) is 5.32 Å². The lowest BCUT2D eigenvalue weighted by molar-refractivity contribution is -0.141. The maximum atomic E-state index is 12.2. The number of hydrogen-bond donors (Lipinski definition) is 2.